The fourth-order valence-corrected chi connectivity index (χ4v) is 1.17. The Morgan fingerprint density at radius 1 is 1.56 bits per heavy atom. The molecule has 2 N–H and O–H groups in total. The third kappa shape index (κ3) is 1.69. The SMILES string of the molecule is NC1C=CC=CC1(Cl)I. The highest BCUT2D eigenvalue weighted by molar-refractivity contribution is 14.1. The van der Waals surface area contributed by atoms with Gasteiger partial charge >= 0.3 is 0 Å². The van der Waals surface area contributed by atoms with E-state index in [-0.39, 0.29) is 6.04 Å². The van der Waals surface area contributed by atoms with Gasteiger partial charge in [0.15, 0.2) is 0 Å². The Morgan fingerprint density at radius 2 is 2.22 bits per heavy atom. The van der Waals surface area contributed by atoms with Crippen LogP contribution in [0.5, 0.6) is 0 Å². The van der Waals surface area contributed by atoms with Gasteiger partial charge in [-0.2, -0.15) is 0 Å². The second-order valence-electron chi connectivity index (χ2n) is 1.94. The molecule has 1 aliphatic carbocycles. The molecule has 1 aliphatic rings. The molecule has 0 aromatic carbocycles. The van der Waals surface area contributed by atoms with Gasteiger partial charge in [-0.1, -0.05) is 46.9 Å². The molecule has 0 spiro atoms. The summed E-state index contributed by atoms with van der Waals surface area (Å²) in [7, 11) is 0. The fourth-order valence-electron chi connectivity index (χ4n) is 0.607. The third-order valence-electron chi connectivity index (χ3n) is 1.19. The van der Waals surface area contributed by atoms with Crippen molar-refractivity contribution in [3.05, 3.63) is 24.3 Å². The van der Waals surface area contributed by atoms with Crippen molar-refractivity contribution < 1.29 is 0 Å². The van der Waals surface area contributed by atoms with E-state index >= 15 is 0 Å². The molecule has 0 aromatic heterocycles. The first-order chi connectivity index (χ1) is 4.13. The maximum atomic E-state index is 5.95. The van der Waals surface area contributed by atoms with E-state index in [2.05, 4.69) is 22.6 Å². The molecule has 0 radical (unpaired) electrons. The number of allylic oxidation sites excluding steroid dienone is 2. The molecule has 0 saturated heterocycles. The summed E-state index contributed by atoms with van der Waals surface area (Å²) in [6.07, 6.45) is 7.59. The van der Waals surface area contributed by atoms with E-state index in [9.17, 15) is 0 Å². The number of alkyl halides is 2. The predicted molar refractivity (Wildman–Crippen MR) is 48.9 cm³/mol. The molecule has 0 amide bonds. The lowest BCUT2D eigenvalue weighted by Gasteiger charge is -2.22. The lowest BCUT2D eigenvalue weighted by molar-refractivity contribution is 0.813. The van der Waals surface area contributed by atoms with Crippen molar-refractivity contribution in [2.45, 2.75) is 8.92 Å². The van der Waals surface area contributed by atoms with Gasteiger partial charge in [-0.05, 0) is 0 Å². The minimum atomic E-state index is -0.410. The molecule has 1 rings (SSSR count). The molecular weight excluding hydrogens is 248 g/mol. The molecule has 0 bridgehead atoms. The first kappa shape index (κ1) is 7.57. The van der Waals surface area contributed by atoms with E-state index in [1.807, 2.05) is 24.3 Å². The van der Waals surface area contributed by atoms with E-state index in [1.54, 1.807) is 0 Å². The molecule has 0 fully saturated rings. The Hall–Kier alpha value is 0.460. The quantitative estimate of drug-likeness (QED) is 0.518. The van der Waals surface area contributed by atoms with Crippen LogP contribution in [0, 0.1) is 0 Å². The largest absolute Gasteiger partial charge is 0.322 e. The molecule has 0 heterocycles. The minimum absolute atomic E-state index is 0.0650. The van der Waals surface area contributed by atoms with Crippen LogP contribution in [0.3, 0.4) is 0 Å². The standard InChI is InChI=1S/C6H7ClIN/c7-6(8)4-2-1-3-5(6)9/h1-5H,9H2. The van der Waals surface area contributed by atoms with Crippen molar-refractivity contribution >= 4 is 34.2 Å². The highest BCUT2D eigenvalue weighted by Crippen LogP contribution is 2.31. The summed E-state index contributed by atoms with van der Waals surface area (Å²) in [6, 6.07) is -0.0650. The maximum Gasteiger partial charge on any atom is 0.132 e. The van der Waals surface area contributed by atoms with E-state index in [1.165, 1.54) is 0 Å². The van der Waals surface area contributed by atoms with Gasteiger partial charge in [-0.3, -0.25) is 0 Å². The third-order valence-corrected chi connectivity index (χ3v) is 2.65. The number of rotatable bonds is 0. The number of hydrogen-bond acceptors (Lipinski definition) is 1. The topological polar surface area (TPSA) is 26.0 Å². The van der Waals surface area contributed by atoms with Gasteiger partial charge in [0.2, 0.25) is 0 Å². The van der Waals surface area contributed by atoms with Crippen molar-refractivity contribution in [1.82, 2.24) is 0 Å². The molecule has 0 aromatic rings. The van der Waals surface area contributed by atoms with Crippen LogP contribution in [0.1, 0.15) is 0 Å². The van der Waals surface area contributed by atoms with Gasteiger partial charge < -0.3 is 5.73 Å². The summed E-state index contributed by atoms with van der Waals surface area (Å²) in [6.45, 7) is 0. The molecule has 0 saturated carbocycles. The average Bonchev–Trinajstić information content (AvgIpc) is 1.77. The maximum absolute atomic E-state index is 5.95. The Balaban J connectivity index is 2.78. The fraction of sp³-hybridized carbons (Fsp3) is 0.333. The van der Waals surface area contributed by atoms with Gasteiger partial charge in [0.05, 0.1) is 6.04 Å². The zero-order chi connectivity index (χ0) is 6.91. The van der Waals surface area contributed by atoms with Gasteiger partial charge in [-0.15, -0.1) is 11.6 Å². The normalized spacial score (nSPS) is 41.4. The van der Waals surface area contributed by atoms with Crippen molar-refractivity contribution in [3.8, 4) is 0 Å². The number of hydrogen-bond donors (Lipinski definition) is 1. The Labute approximate surface area is 73.1 Å². The molecule has 50 valence electrons. The molecule has 2 unspecified atom stereocenters. The Kier molecular flexibility index (Phi) is 2.18. The highest BCUT2D eigenvalue weighted by Gasteiger charge is 2.27. The highest BCUT2D eigenvalue weighted by atomic mass is 127. The second-order valence-corrected chi connectivity index (χ2v) is 4.99. The predicted octanol–water partition coefficient (Wildman–Crippen LogP) is 1.81. The first-order valence-electron chi connectivity index (χ1n) is 2.62. The van der Waals surface area contributed by atoms with Crippen LogP contribution >= 0.6 is 34.2 Å². The summed E-state index contributed by atoms with van der Waals surface area (Å²) in [4.78, 5) is 0. The Bertz CT molecular complexity index is 162. The van der Waals surface area contributed by atoms with Crippen LogP contribution in [-0.2, 0) is 0 Å². The van der Waals surface area contributed by atoms with Crippen LogP contribution in [-0.4, -0.2) is 8.92 Å². The van der Waals surface area contributed by atoms with Crippen molar-refractivity contribution in [3.63, 3.8) is 0 Å². The monoisotopic (exact) mass is 255 g/mol. The van der Waals surface area contributed by atoms with Crippen LogP contribution < -0.4 is 5.73 Å². The van der Waals surface area contributed by atoms with Gasteiger partial charge in [-0.25, -0.2) is 0 Å². The molecular formula is C6H7ClIN. The van der Waals surface area contributed by atoms with E-state index in [4.69, 9.17) is 17.3 Å². The number of nitrogens with two attached hydrogens (primary N) is 1. The summed E-state index contributed by atoms with van der Waals surface area (Å²) in [5, 5.41) is 0. The number of halogens is 2. The summed E-state index contributed by atoms with van der Waals surface area (Å²) < 4.78 is -0.410. The second kappa shape index (κ2) is 2.60. The summed E-state index contributed by atoms with van der Waals surface area (Å²) in [5.41, 5.74) is 5.64. The smallest absolute Gasteiger partial charge is 0.132 e. The zero-order valence-corrected chi connectivity index (χ0v) is 7.63. The lowest BCUT2D eigenvalue weighted by atomic mass is 10.1. The molecule has 0 aliphatic heterocycles. The average molecular weight is 255 g/mol. The van der Waals surface area contributed by atoms with Gasteiger partial charge in [0.25, 0.3) is 0 Å². The van der Waals surface area contributed by atoms with Crippen LogP contribution in [0.2, 0.25) is 0 Å². The van der Waals surface area contributed by atoms with Crippen molar-refractivity contribution in [2.24, 2.45) is 5.73 Å². The zero-order valence-electron chi connectivity index (χ0n) is 4.72. The first-order valence-corrected chi connectivity index (χ1v) is 4.08. The summed E-state index contributed by atoms with van der Waals surface area (Å²) >= 11 is 8.07. The molecule has 3 heteroatoms. The molecule has 9 heavy (non-hydrogen) atoms. The van der Waals surface area contributed by atoms with Gasteiger partial charge in [0.1, 0.15) is 2.88 Å². The Morgan fingerprint density at radius 3 is 2.56 bits per heavy atom. The molecule has 1 nitrogen and oxygen atoms in total. The van der Waals surface area contributed by atoms with Crippen molar-refractivity contribution in [2.75, 3.05) is 0 Å². The molecule has 2 atom stereocenters. The van der Waals surface area contributed by atoms with E-state index in [0.29, 0.717) is 0 Å². The van der Waals surface area contributed by atoms with Crippen LogP contribution in [0.4, 0.5) is 0 Å². The summed E-state index contributed by atoms with van der Waals surface area (Å²) in [5.74, 6) is 0. The lowest BCUT2D eigenvalue weighted by Crippen LogP contribution is -2.36. The van der Waals surface area contributed by atoms with Crippen LogP contribution in [0.25, 0.3) is 0 Å². The van der Waals surface area contributed by atoms with E-state index < -0.39 is 2.88 Å². The van der Waals surface area contributed by atoms with Gasteiger partial charge in [0, 0.05) is 0 Å². The van der Waals surface area contributed by atoms with E-state index in [0.717, 1.165) is 0 Å². The van der Waals surface area contributed by atoms with Crippen molar-refractivity contribution in [1.29, 1.82) is 0 Å². The van der Waals surface area contributed by atoms with Crippen LogP contribution in [0.15, 0.2) is 24.3 Å². The minimum Gasteiger partial charge on any atom is -0.322 e.